The third-order valence-electron chi connectivity index (χ3n) is 3.22. The first-order valence-electron chi connectivity index (χ1n) is 6.31. The molecule has 1 amide bonds. The molecular formula is C14H15N3O2. The summed E-state index contributed by atoms with van der Waals surface area (Å²) in [7, 11) is 0. The number of aromatic amines is 1. The second-order valence-corrected chi connectivity index (χ2v) is 4.46. The molecule has 1 aromatic heterocycles. The van der Waals surface area contributed by atoms with E-state index in [9.17, 15) is 4.79 Å². The van der Waals surface area contributed by atoms with Crippen molar-refractivity contribution in [2.75, 3.05) is 26.3 Å². The highest BCUT2D eigenvalue weighted by Gasteiger charge is 2.18. The van der Waals surface area contributed by atoms with E-state index in [0.29, 0.717) is 31.9 Å². The van der Waals surface area contributed by atoms with Gasteiger partial charge in [0.15, 0.2) is 0 Å². The fourth-order valence-corrected chi connectivity index (χ4v) is 2.19. The van der Waals surface area contributed by atoms with E-state index < -0.39 is 0 Å². The average molecular weight is 257 g/mol. The number of H-pyrrole nitrogens is 1. The van der Waals surface area contributed by atoms with Gasteiger partial charge in [-0.25, -0.2) is 0 Å². The zero-order valence-corrected chi connectivity index (χ0v) is 10.5. The van der Waals surface area contributed by atoms with E-state index in [1.807, 2.05) is 35.2 Å². The summed E-state index contributed by atoms with van der Waals surface area (Å²) in [5.74, 6) is 0.0599. The van der Waals surface area contributed by atoms with Crippen LogP contribution in [0.1, 0.15) is 10.4 Å². The van der Waals surface area contributed by atoms with Crippen molar-refractivity contribution in [1.82, 2.24) is 15.1 Å². The number of hydrogen-bond acceptors (Lipinski definition) is 3. The van der Waals surface area contributed by atoms with Crippen LogP contribution in [0.15, 0.2) is 36.5 Å². The van der Waals surface area contributed by atoms with E-state index in [2.05, 4.69) is 10.2 Å². The number of benzene rings is 1. The molecule has 0 aliphatic carbocycles. The number of rotatable bonds is 2. The summed E-state index contributed by atoms with van der Waals surface area (Å²) in [6.45, 7) is 2.55. The first-order valence-corrected chi connectivity index (χ1v) is 6.31. The third kappa shape index (κ3) is 2.51. The Morgan fingerprint density at radius 1 is 1.26 bits per heavy atom. The lowest BCUT2D eigenvalue weighted by Crippen LogP contribution is -2.40. The molecule has 1 aromatic carbocycles. The number of hydrogen-bond donors (Lipinski definition) is 1. The molecule has 5 nitrogen and oxygen atoms in total. The number of nitrogens with one attached hydrogen (secondary N) is 1. The maximum Gasteiger partial charge on any atom is 0.254 e. The number of carbonyl (C=O) groups excluding carboxylic acids is 1. The Balaban J connectivity index is 1.84. The molecule has 19 heavy (non-hydrogen) atoms. The van der Waals surface area contributed by atoms with Gasteiger partial charge in [0.2, 0.25) is 0 Å². The van der Waals surface area contributed by atoms with E-state index in [1.54, 1.807) is 6.20 Å². The van der Waals surface area contributed by atoms with E-state index >= 15 is 0 Å². The number of ether oxygens (including phenoxy) is 1. The molecule has 2 aromatic rings. The van der Waals surface area contributed by atoms with Crippen LogP contribution < -0.4 is 0 Å². The molecule has 1 fully saturated rings. The summed E-state index contributed by atoms with van der Waals surface area (Å²) in [5, 5.41) is 6.83. The Bertz CT molecular complexity index is 560. The zero-order valence-electron chi connectivity index (χ0n) is 10.5. The maximum absolute atomic E-state index is 12.4. The van der Waals surface area contributed by atoms with Crippen LogP contribution in [0, 0.1) is 0 Å². The zero-order chi connectivity index (χ0) is 13.1. The Kier molecular flexibility index (Phi) is 3.29. The molecular weight excluding hydrogens is 242 g/mol. The van der Waals surface area contributed by atoms with Gasteiger partial charge in [-0.1, -0.05) is 12.1 Å². The van der Waals surface area contributed by atoms with Gasteiger partial charge in [0, 0.05) is 30.4 Å². The van der Waals surface area contributed by atoms with Crippen molar-refractivity contribution in [1.29, 1.82) is 0 Å². The molecule has 0 unspecified atom stereocenters. The first kappa shape index (κ1) is 11.9. The van der Waals surface area contributed by atoms with E-state index in [0.717, 1.165) is 11.3 Å². The number of amides is 1. The lowest BCUT2D eigenvalue weighted by atomic mass is 10.1. The summed E-state index contributed by atoms with van der Waals surface area (Å²) in [6, 6.07) is 9.48. The van der Waals surface area contributed by atoms with Crippen LogP contribution in [-0.2, 0) is 4.74 Å². The van der Waals surface area contributed by atoms with Gasteiger partial charge in [0.05, 0.1) is 18.9 Å². The molecule has 0 bridgehead atoms. The monoisotopic (exact) mass is 257 g/mol. The Labute approximate surface area is 111 Å². The van der Waals surface area contributed by atoms with Crippen LogP contribution in [0.3, 0.4) is 0 Å². The first-order chi connectivity index (χ1) is 9.34. The predicted octanol–water partition coefficient (Wildman–Crippen LogP) is 1.55. The average Bonchev–Trinajstić information content (AvgIpc) is 3.02. The lowest BCUT2D eigenvalue weighted by Gasteiger charge is -2.27. The summed E-state index contributed by atoms with van der Waals surface area (Å²) in [5.41, 5.74) is 2.59. The minimum absolute atomic E-state index is 0.0599. The minimum atomic E-state index is 0.0599. The van der Waals surface area contributed by atoms with Gasteiger partial charge in [-0.05, 0) is 18.2 Å². The molecule has 0 spiro atoms. The number of nitrogens with zero attached hydrogens (tertiary/aromatic N) is 2. The molecule has 3 rings (SSSR count). The van der Waals surface area contributed by atoms with E-state index in [1.165, 1.54) is 0 Å². The van der Waals surface area contributed by atoms with Crippen molar-refractivity contribution in [2.24, 2.45) is 0 Å². The predicted molar refractivity (Wildman–Crippen MR) is 70.7 cm³/mol. The van der Waals surface area contributed by atoms with Crippen LogP contribution >= 0.6 is 0 Å². The molecule has 5 heteroatoms. The van der Waals surface area contributed by atoms with Gasteiger partial charge in [-0.15, -0.1) is 0 Å². The van der Waals surface area contributed by atoms with Crippen molar-refractivity contribution in [3.05, 3.63) is 42.1 Å². The minimum Gasteiger partial charge on any atom is -0.378 e. The summed E-state index contributed by atoms with van der Waals surface area (Å²) in [6.07, 6.45) is 1.70. The standard InChI is InChI=1S/C14H15N3O2/c18-14(17-6-8-19-9-7-17)12-3-1-2-11(10-12)13-4-5-15-16-13/h1-5,10H,6-9H2,(H,15,16). The van der Waals surface area contributed by atoms with E-state index in [-0.39, 0.29) is 5.91 Å². The topological polar surface area (TPSA) is 58.2 Å². The molecule has 1 aliphatic heterocycles. The summed E-state index contributed by atoms with van der Waals surface area (Å²) < 4.78 is 5.26. The fourth-order valence-electron chi connectivity index (χ4n) is 2.19. The SMILES string of the molecule is O=C(c1cccc(-c2ccn[nH]2)c1)N1CCOCC1. The summed E-state index contributed by atoms with van der Waals surface area (Å²) >= 11 is 0. The molecule has 0 saturated carbocycles. The molecule has 2 heterocycles. The van der Waals surface area contributed by atoms with Crippen molar-refractivity contribution in [3.63, 3.8) is 0 Å². The van der Waals surface area contributed by atoms with Crippen molar-refractivity contribution >= 4 is 5.91 Å². The highest BCUT2D eigenvalue weighted by molar-refractivity contribution is 5.95. The highest BCUT2D eigenvalue weighted by atomic mass is 16.5. The molecule has 1 aliphatic rings. The largest absolute Gasteiger partial charge is 0.378 e. The number of aromatic nitrogens is 2. The normalized spacial score (nSPS) is 15.5. The molecule has 0 radical (unpaired) electrons. The second kappa shape index (κ2) is 5.24. The third-order valence-corrected chi connectivity index (χ3v) is 3.22. The Hall–Kier alpha value is -2.14. The Morgan fingerprint density at radius 2 is 2.11 bits per heavy atom. The summed E-state index contributed by atoms with van der Waals surface area (Å²) in [4.78, 5) is 14.2. The Morgan fingerprint density at radius 3 is 2.84 bits per heavy atom. The van der Waals surface area contributed by atoms with Gasteiger partial charge in [-0.3, -0.25) is 9.89 Å². The maximum atomic E-state index is 12.4. The lowest BCUT2D eigenvalue weighted by molar-refractivity contribution is 0.0303. The molecule has 0 atom stereocenters. The van der Waals surface area contributed by atoms with Gasteiger partial charge in [0.1, 0.15) is 0 Å². The number of morpholine rings is 1. The fraction of sp³-hybridized carbons (Fsp3) is 0.286. The molecule has 98 valence electrons. The van der Waals surface area contributed by atoms with Gasteiger partial charge >= 0.3 is 0 Å². The highest BCUT2D eigenvalue weighted by Crippen LogP contribution is 2.18. The van der Waals surface area contributed by atoms with Crippen LogP contribution in [0.25, 0.3) is 11.3 Å². The van der Waals surface area contributed by atoms with Gasteiger partial charge in [0.25, 0.3) is 5.91 Å². The van der Waals surface area contributed by atoms with Gasteiger partial charge in [-0.2, -0.15) is 5.10 Å². The van der Waals surface area contributed by atoms with Crippen molar-refractivity contribution < 1.29 is 9.53 Å². The van der Waals surface area contributed by atoms with Gasteiger partial charge < -0.3 is 9.64 Å². The second-order valence-electron chi connectivity index (χ2n) is 4.46. The van der Waals surface area contributed by atoms with Crippen molar-refractivity contribution in [3.8, 4) is 11.3 Å². The van der Waals surface area contributed by atoms with Crippen LogP contribution in [0.5, 0.6) is 0 Å². The van der Waals surface area contributed by atoms with Crippen molar-refractivity contribution in [2.45, 2.75) is 0 Å². The van der Waals surface area contributed by atoms with Crippen LogP contribution in [0.4, 0.5) is 0 Å². The van der Waals surface area contributed by atoms with Crippen LogP contribution in [-0.4, -0.2) is 47.3 Å². The number of carbonyl (C=O) groups is 1. The quantitative estimate of drug-likeness (QED) is 0.888. The molecule has 1 saturated heterocycles. The van der Waals surface area contributed by atoms with E-state index in [4.69, 9.17) is 4.74 Å². The van der Waals surface area contributed by atoms with Crippen LogP contribution in [0.2, 0.25) is 0 Å². The smallest absolute Gasteiger partial charge is 0.254 e. The molecule has 1 N–H and O–H groups in total.